The van der Waals surface area contributed by atoms with E-state index in [9.17, 15) is 4.57 Å². The lowest BCUT2D eigenvalue weighted by Gasteiger charge is -2.18. The van der Waals surface area contributed by atoms with Crippen LogP contribution in [0, 0.1) is 0 Å². The van der Waals surface area contributed by atoms with Crippen molar-refractivity contribution in [3.05, 3.63) is 121 Å². The van der Waals surface area contributed by atoms with Gasteiger partial charge in [0.1, 0.15) is 7.14 Å². The van der Waals surface area contributed by atoms with Gasteiger partial charge in [-0.1, -0.05) is 122 Å². The van der Waals surface area contributed by atoms with Gasteiger partial charge in [-0.2, -0.15) is 0 Å². The second-order valence-corrected chi connectivity index (χ2v) is 18.7. The molecule has 3 heteroatoms. The van der Waals surface area contributed by atoms with Gasteiger partial charge >= 0.3 is 0 Å². The minimum absolute atomic E-state index is 0.910. The normalized spacial score (nSPS) is 12.2. The first kappa shape index (κ1) is 26.6. The molecule has 6 aromatic carbocycles. The van der Waals surface area contributed by atoms with Gasteiger partial charge in [0.15, 0.2) is 0 Å². The molecule has 0 atom stereocenters. The van der Waals surface area contributed by atoms with Crippen LogP contribution in [0.2, 0.25) is 0 Å². The molecule has 0 radical (unpaired) electrons. The Kier molecular flexibility index (Phi) is 6.70. The van der Waals surface area contributed by atoms with E-state index >= 15 is 0 Å². The van der Waals surface area contributed by atoms with E-state index in [2.05, 4.69) is 129 Å². The Bertz CT molecular complexity index is 1860. The lowest BCUT2D eigenvalue weighted by molar-refractivity contribution is 0.588. The zero-order valence-electron chi connectivity index (χ0n) is 23.6. The first-order valence-corrected chi connectivity index (χ1v) is 19.1. The number of benzene rings is 6. The van der Waals surface area contributed by atoms with E-state index in [0.717, 1.165) is 16.4 Å². The molecule has 0 saturated carbocycles. The van der Waals surface area contributed by atoms with Crippen LogP contribution in [0.4, 0.5) is 0 Å². The summed E-state index contributed by atoms with van der Waals surface area (Å²) in [6.45, 7) is 6.83. The Balaban J connectivity index is 1.55. The third kappa shape index (κ3) is 4.90. The van der Waals surface area contributed by atoms with E-state index in [-0.39, 0.29) is 0 Å². The predicted molar refractivity (Wildman–Crippen MR) is 182 cm³/mol. The second kappa shape index (κ2) is 10.1. The molecule has 1 nitrogen and oxygen atoms in total. The summed E-state index contributed by atoms with van der Waals surface area (Å²) in [6, 6.07) is 43.5. The van der Waals surface area contributed by atoms with Crippen molar-refractivity contribution in [2.24, 2.45) is 0 Å². The van der Waals surface area contributed by atoms with Gasteiger partial charge in [0.2, 0.25) is 0 Å². The molecule has 0 aromatic heterocycles. The van der Waals surface area contributed by atoms with E-state index in [1.54, 1.807) is 0 Å². The molecule has 0 bridgehead atoms. The van der Waals surface area contributed by atoms with Crippen LogP contribution < -0.4 is 10.6 Å². The Morgan fingerprint density at radius 3 is 1.25 bits per heavy atom. The summed E-state index contributed by atoms with van der Waals surface area (Å²) in [5.74, 6) is 0. The maximum Gasteiger partial charge on any atom is 0.109 e. The Labute approximate surface area is 237 Å². The topological polar surface area (TPSA) is 17.1 Å². The van der Waals surface area contributed by atoms with Crippen molar-refractivity contribution < 1.29 is 4.57 Å². The lowest BCUT2D eigenvalue weighted by Crippen LogP contribution is -2.02. The van der Waals surface area contributed by atoms with Crippen molar-refractivity contribution in [3.63, 3.8) is 0 Å². The van der Waals surface area contributed by atoms with Crippen LogP contribution in [0.5, 0.6) is 0 Å². The van der Waals surface area contributed by atoms with E-state index in [1.807, 2.05) is 25.5 Å². The summed E-state index contributed by atoms with van der Waals surface area (Å²) >= 11 is 0. The molecule has 0 aliphatic carbocycles. The van der Waals surface area contributed by atoms with Gasteiger partial charge < -0.3 is 4.57 Å². The van der Waals surface area contributed by atoms with Gasteiger partial charge in [-0.15, -0.1) is 0 Å². The Morgan fingerprint density at radius 1 is 0.450 bits per heavy atom. The van der Waals surface area contributed by atoms with Gasteiger partial charge in [0.25, 0.3) is 0 Å². The van der Waals surface area contributed by atoms with E-state index < -0.39 is 14.0 Å². The Morgan fingerprint density at radius 2 is 0.825 bits per heavy atom. The summed E-state index contributed by atoms with van der Waals surface area (Å²) in [4.78, 5) is 0. The quantitative estimate of drug-likeness (QED) is 0.193. The molecule has 0 unspecified atom stereocenters. The van der Waals surface area contributed by atoms with Crippen LogP contribution in [0.1, 0.15) is 0 Å². The highest BCUT2D eigenvalue weighted by molar-refractivity contribution is 7.79. The average Bonchev–Trinajstić information content (AvgIpc) is 2.95. The van der Waals surface area contributed by atoms with Gasteiger partial charge in [-0.3, -0.25) is 0 Å². The van der Waals surface area contributed by atoms with Crippen LogP contribution in [0.15, 0.2) is 121 Å². The van der Waals surface area contributed by atoms with Gasteiger partial charge in [-0.25, -0.2) is 0 Å². The molecule has 40 heavy (non-hydrogen) atoms. The summed E-state index contributed by atoms with van der Waals surface area (Å²) in [5, 5.41) is 7.15. The largest absolute Gasteiger partial charge is 0.319 e. The van der Waals surface area contributed by atoms with E-state index in [1.165, 1.54) is 49.1 Å². The number of rotatable bonds is 5. The molecular weight excluding hydrogens is 522 g/mol. The minimum Gasteiger partial charge on any atom is -0.319 e. The van der Waals surface area contributed by atoms with Crippen LogP contribution in [0.3, 0.4) is 0 Å². The first-order chi connectivity index (χ1) is 19.1. The minimum atomic E-state index is -2.36. The fraction of sp³-hybridized carbons (Fsp3) is 0.108. The zero-order valence-corrected chi connectivity index (χ0v) is 25.3. The summed E-state index contributed by atoms with van der Waals surface area (Å²) in [5.41, 5.74) is 7.18. The van der Waals surface area contributed by atoms with Crippen LogP contribution in [-0.2, 0) is 4.57 Å². The molecule has 0 amide bonds. The van der Waals surface area contributed by atoms with Crippen molar-refractivity contribution in [1.29, 1.82) is 0 Å². The fourth-order valence-corrected chi connectivity index (χ4v) is 7.50. The molecule has 6 rings (SSSR count). The second-order valence-electron chi connectivity index (χ2n) is 11.5. The highest BCUT2D eigenvalue weighted by atomic mass is 31.2. The third-order valence-electron chi connectivity index (χ3n) is 7.77. The highest BCUT2D eigenvalue weighted by Gasteiger charge is 2.16. The van der Waals surface area contributed by atoms with Crippen molar-refractivity contribution in [2.75, 3.05) is 26.7 Å². The zero-order chi connectivity index (χ0) is 28.1. The van der Waals surface area contributed by atoms with Gasteiger partial charge in [-0.05, 0) is 99.0 Å². The number of hydrogen-bond donors (Lipinski definition) is 0. The maximum absolute atomic E-state index is 12.8. The maximum atomic E-state index is 12.8. The fourth-order valence-electron chi connectivity index (χ4n) is 5.63. The molecule has 0 heterocycles. The number of fused-ring (bicyclic) bond motifs is 2. The molecular formula is C37H34OP2. The summed E-state index contributed by atoms with van der Waals surface area (Å²) < 4.78 is 12.8. The van der Waals surface area contributed by atoms with Gasteiger partial charge in [0.05, 0.1) is 0 Å². The van der Waals surface area contributed by atoms with Crippen LogP contribution in [0.25, 0.3) is 54.9 Å². The molecule has 0 N–H and O–H groups in total. The lowest BCUT2D eigenvalue weighted by atomic mass is 9.88. The van der Waals surface area contributed by atoms with Crippen LogP contribution in [-0.4, -0.2) is 33.0 Å². The molecule has 6 aromatic rings. The molecule has 0 aliphatic heterocycles. The summed E-state index contributed by atoms with van der Waals surface area (Å²) in [7, 11) is -2.36. The predicted octanol–water partition coefficient (Wildman–Crippen LogP) is 9.58. The highest BCUT2D eigenvalue weighted by Crippen LogP contribution is 2.42. The van der Waals surface area contributed by atoms with Gasteiger partial charge in [0, 0.05) is 5.30 Å². The monoisotopic (exact) mass is 556 g/mol. The third-order valence-corrected chi connectivity index (χ3v) is 11.0. The molecule has 0 saturated heterocycles. The van der Waals surface area contributed by atoms with Crippen LogP contribution >= 0.6 is 14.0 Å². The van der Waals surface area contributed by atoms with E-state index in [4.69, 9.17) is 0 Å². The Hall–Kier alpha value is -3.63. The standard InChI is InChI=1S/C37H34OP2/c1-39(2,3)28-14-10-12-26(24-28)30-20-22-36(34-18-8-6-16-32(30)34)37-23-21-31(33-17-7-9-19-35(33)37)27-13-11-15-29(25-27)40(4,5)38/h6-25H,1H2,2-5H3. The van der Waals surface area contributed by atoms with E-state index in [0.29, 0.717) is 0 Å². The number of hydrogen-bond acceptors (Lipinski definition) is 1. The molecule has 0 spiro atoms. The smallest absolute Gasteiger partial charge is 0.109 e. The van der Waals surface area contributed by atoms with Crippen molar-refractivity contribution in [3.8, 4) is 33.4 Å². The molecule has 198 valence electrons. The SMILES string of the molecule is C=P(C)(C)c1cccc(-c2ccc(-c3ccc(-c4cccc(P(C)(C)=O)c4)c4ccccc34)c3ccccc23)c1. The first-order valence-electron chi connectivity index (χ1n) is 13.6. The van der Waals surface area contributed by atoms with Crippen molar-refractivity contribution >= 4 is 52.5 Å². The average molecular weight is 557 g/mol. The van der Waals surface area contributed by atoms with Crippen molar-refractivity contribution in [1.82, 2.24) is 0 Å². The molecule has 0 aliphatic rings. The molecule has 0 fully saturated rings. The van der Waals surface area contributed by atoms with Crippen molar-refractivity contribution in [2.45, 2.75) is 0 Å². The summed E-state index contributed by atoms with van der Waals surface area (Å²) in [6.07, 6.45) is 4.46.